The summed E-state index contributed by atoms with van der Waals surface area (Å²) in [7, 11) is 3.13. The number of hydrogen-bond acceptors (Lipinski definition) is 4. The van der Waals surface area contributed by atoms with E-state index in [9.17, 15) is 9.18 Å². The minimum Gasteiger partial charge on any atom is -0.497 e. The Morgan fingerprint density at radius 1 is 1.12 bits per heavy atom. The van der Waals surface area contributed by atoms with E-state index in [1.807, 2.05) is 0 Å². The highest BCUT2D eigenvalue weighted by Crippen LogP contribution is 2.29. The summed E-state index contributed by atoms with van der Waals surface area (Å²) in [5.41, 5.74) is 1.62. The first-order valence-corrected chi connectivity index (χ1v) is 8.59. The van der Waals surface area contributed by atoms with E-state index in [0.29, 0.717) is 29.8 Å². The van der Waals surface area contributed by atoms with E-state index < -0.39 is 0 Å². The highest BCUT2D eigenvalue weighted by molar-refractivity contribution is 5.92. The zero-order valence-electron chi connectivity index (χ0n) is 15.0. The molecule has 138 valence electrons. The van der Waals surface area contributed by atoms with Crippen LogP contribution in [0.5, 0.6) is 11.5 Å². The van der Waals surface area contributed by atoms with E-state index in [1.165, 1.54) is 12.1 Å². The molecule has 0 saturated heterocycles. The van der Waals surface area contributed by atoms with Gasteiger partial charge in [0.05, 0.1) is 20.8 Å². The van der Waals surface area contributed by atoms with Crippen molar-refractivity contribution in [1.29, 1.82) is 0 Å². The molecule has 26 heavy (non-hydrogen) atoms. The first-order valence-electron chi connectivity index (χ1n) is 8.59. The van der Waals surface area contributed by atoms with Crippen LogP contribution in [0, 0.1) is 5.82 Å². The minimum absolute atomic E-state index is 0.102. The van der Waals surface area contributed by atoms with Crippen LogP contribution in [0.15, 0.2) is 42.5 Å². The van der Waals surface area contributed by atoms with Crippen molar-refractivity contribution in [2.75, 3.05) is 26.1 Å². The Morgan fingerprint density at radius 2 is 1.73 bits per heavy atom. The van der Waals surface area contributed by atoms with Gasteiger partial charge in [0.1, 0.15) is 17.3 Å². The number of carbonyl (C=O) groups is 1. The number of rotatable bonds is 8. The summed E-state index contributed by atoms with van der Waals surface area (Å²) in [6.07, 6.45) is 2.17. The molecule has 1 N–H and O–H groups in total. The molecule has 1 aliphatic rings. The van der Waals surface area contributed by atoms with Crippen molar-refractivity contribution >= 4 is 11.6 Å². The largest absolute Gasteiger partial charge is 0.497 e. The summed E-state index contributed by atoms with van der Waals surface area (Å²) < 4.78 is 23.5. The molecule has 2 aromatic rings. The minimum atomic E-state index is -0.253. The number of anilines is 1. The van der Waals surface area contributed by atoms with E-state index in [2.05, 4.69) is 10.2 Å². The summed E-state index contributed by atoms with van der Waals surface area (Å²) in [6, 6.07) is 12.1. The van der Waals surface area contributed by atoms with Gasteiger partial charge in [0.15, 0.2) is 0 Å². The van der Waals surface area contributed by atoms with Crippen LogP contribution in [0.25, 0.3) is 0 Å². The Kier molecular flexibility index (Phi) is 5.73. The zero-order valence-corrected chi connectivity index (χ0v) is 15.0. The van der Waals surface area contributed by atoms with Gasteiger partial charge in [-0.05, 0) is 30.5 Å². The Balaban J connectivity index is 1.64. The summed E-state index contributed by atoms with van der Waals surface area (Å²) >= 11 is 0. The van der Waals surface area contributed by atoms with E-state index in [-0.39, 0.29) is 18.3 Å². The predicted molar refractivity (Wildman–Crippen MR) is 98.0 cm³/mol. The molecule has 1 saturated carbocycles. The fourth-order valence-electron chi connectivity index (χ4n) is 2.84. The van der Waals surface area contributed by atoms with Gasteiger partial charge in [0, 0.05) is 36.5 Å². The highest BCUT2D eigenvalue weighted by Gasteiger charge is 2.30. The predicted octanol–water partition coefficient (Wildman–Crippen LogP) is 3.45. The summed E-state index contributed by atoms with van der Waals surface area (Å²) in [6.45, 7) is 0.904. The van der Waals surface area contributed by atoms with Crippen molar-refractivity contribution in [2.45, 2.75) is 25.4 Å². The molecule has 0 aliphatic heterocycles. The zero-order chi connectivity index (χ0) is 18.5. The standard InChI is InChI=1S/C20H23FN2O3/c1-25-18-9-16(10-19(11-18)26-2)22-20(24)13-23(17-7-8-17)12-14-3-5-15(21)6-4-14/h3-6,9-11,17H,7-8,12-13H2,1-2H3,(H,22,24). The highest BCUT2D eigenvalue weighted by atomic mass is 19.1. The molecule has 0 aromatic heterocycles. The van der Waals surface area contributed by atoms with Crippen LogP contribution in [0.4, 0.5) is 10.1 Å². The number of carbonyl (C=O) groups excluding carboxylic acids is 1. The molecular formula is C20H23FN2O3. The van der Waals surface area contributed by atoms with Crippen LogP contribution >= 0.6 is 0 Å². The quantitative estimate of drug-likeness (QED) is 0.785. The molecular weight excluding hydrogens is 335 g/mol. The first-order chi connectivity index (χ1) is 12.6. The van der Waals surface area contributed by atoms with E-state index in [0.717, 1.165) is 18.4 Å². The molecule has 0 bridgehead atoms. The monoisotopic (exact) mass is 358 g/mol. The molecule has 0 unspecified atom stereocenters. The lowest BCUT2D eigenvalue weighted by atomic mass is 10.2. The Morgan fingerprint density at radius 3 is 2.27 bits per heavy atom. The SMILES string of the molecule is COc1cc(NC(=O)CN(Cc2ccc(F)cc2)C2CC2)cc(OC)c1. The van der Waals surface area contributed by atoms with Gasteiger partial charge in [-0.1, -0.05) is 12.1 Å². The fourth-order valence-corrected chi connectivity index (χ4v) is 2.84. The number of methoxy groups -OCH3 is 2. The molecule has 0 atom stereocenters. The van der Waals surface area contributed by atoms with Crippen LogP contribution < -0.4 is 14.8 Å². The molecule has 2 aromatic carbocycles. The van der Waals surface area contributed by atoms with Crippen molar-refractivity contribution in [3.63, 3.8) is 0 Å². The Bertz CT molecular complexity index is 738. The topological polar surface area (TPSA) is 50.8 Å². The second-order valence-electron chi connectivity index (χ2n) is 6.41. The van der Waals surface area contributed by atoms with Gasteiger partial charge < -0.3 is 14.8 Å². The maximum atomic E-state index is 13.1. The number of ether oxygens (including phenoxy) is 2. The van der Waals surface area contributed by atoms with Crippen LogP contribution in [0.2, 0.25) is 0 Å². The van der Waals surface area contributed by atoms with Crippen molar-refractivity contribution in [1.82, 2.24) is 4.90 Å². The van der Waals surface area contributed by atoms with E-state index >= 15 is 0 Å². The van der Waals surface area contributed by atoms with Crippen LogP contribution in [0.1, 0.15) is 18.4 Å². The van der Waals surface area contributed by atoms with Crippen molar-refractivity contribution in [2.24, 2.45) is 0 Å². The van der Waals surface area contributed by atoms with Gasteiger partial charge in [-0.15, -0.1) is 0 Å². The summed E-state index contributed by atoms with van der Waals surface area (Å²) in [5, 5.41) is 2.90. The third-order valence-corrected chi connectivity index (χ3v) is 4.34. The lowest BCUT2D eigenvalue weighted by Gasteiger charge is -2.21. The lowest BCUT2D eigenvalue weighted by molar-refractivity contribution is -0.117. The number of nitrogens with one attached hydrogen (secondary N) is 1. The first kappa shape index (κ1) is 18.2. The molecule has 1 aliphatic carbocycles. The molecule has 1 amide bonds. The normalized spacial score (nSPS) is 13.5. The van der Waals surface area contributed by atoms with Gasteiger partial charge in [-0.2, -0.15) is 0 Å². The number of amides is 1. The molecule has 6 heteroatoms. The number of benzene rings is 2. The lowest BCUT2D eigenvalue weighted by Crippen LogP contribution is -2.34. The molecule has 5 nitrogen and oxygen atoms in total. The van der Waals surface area contributed by atoms with Gasteiger partial charge >= 0.3 is 0 Å². The molecule has 0 radical (unpaired) electrons. The van der Waals surface area contributed by atoms with Gasteiger partial charge in [0.2, 0.25) is 5.91 Å². The maximum Gasteiger partial charge on any atom is 0.238 e. The number of nitrogens with zero attached hydrogens (tertiary/aromatic N) is 1. The average Bonchev–Trinajstić information content (AvgIpc) is 3.47. The number of hydrogen-bond donors (Lipinski definition) is 1. The van der Waals surface area contributed by atoms with Gasteiger partial charge in [0.25, 0.3) is 0 Å². The summed E-state index contributed by atoms with van der Waals surface area (Å²) in [4.78, 5) is 14.6. The fraction of sp³-hybridized carbons (Fsp3) is 0.350. The number of halogens is 1. The second kappa shape index (κ2) is 8.19. The molecule has 3 rings (SSSR count). The van der Waals surface area contributed by atoms with Gasteiger partial charge in [-0.3, -0.25) is 9.69 Å². The van der Waals surface area contributed by atoms with Crippen molar-refractivity contribution in [3.8, 4) is 11.5 Å². The smallest absolute Gasteiger partial charge is 0.238 e. The third-order valence-electron chi connectivity index (χ3n) is 4.34. The second-order valence-corrected chi connectivity index (χ2v) is 6.41. The molecule has 0 spiro atoms. The van der Waals surface area contributed by atoms with Crippen molar-refractivity contribution < 1.29 is 18.7 Å². The van der Waals surface area contributed by atoms with Crippen LogP contribution in [-0.4, -0.2) is 37.6 Å². The van der Waals surface area contributed by atoms with Crippen LogP contribution in [-0.2, 0) is 11.3 Å². The summed E-state index contributed by atoms with van der Waals surface area (Å²) in [5.74, 6) is 0.876. The molecule has 0 heterocycles. The average molecular weight is 358 g/mol. The Hall–Kier alpha value is -2.60. The third kappa shape index (κ3) is 4.95. The van der Waals surface area contributed by atoms with E-state index in [4.69, 9.17) is 9.47 Å². The van der Waals surface area contributed by atoms with Gasteiger partial charge in [-0.25, -0.2) is 4.39 Å². The van der Waals surface area contributed by atoms with Crippen LogP contribution in [0.3, 0.4) is 0 Å². The van der Waals surface area contributed by atoms with E-state index in [1.54, 1.807) is 44.6 Å². The Labute approximate surface area is 152 Å². The maximum absolute atomic E-state index is 13.1. The molecule has 1 fully saturated rings. The van der Waals surface area contributed by atoms with Crippen molar-refractivity contribution in [3.05, 3.63) is 53.8 Å².